The maximum Gasteiger partial charge on any atom is 0.408 e. The zero-order valence-corrected chi connectivity index (χ0v) is 17.1. The van der Waals surface area contributed by atoms with Gasteiger partial charge >= 0.3 is 6.09 Å². The number of thiazole rings is 1. The molecule has 142 valence electrons. The number of guanidine groups is 1. The van der Waals surface area contributed by atoms with Crippen molar-refractivity contribution in [2.45, 2.75) is 59.1 Å². The van der Waals surface area contributed by atoms with E-state index in [4.69, 9.17) is 4.74 Å². The van der Waals surface area contributed by atoms with Crippen LogP contribution in [0.5, 0.6) is 0 Å². The Morgan fingerprint density at radius 1 is 1.28 bits per heavy atom. The minimum Gasteiger partial charge on any atom is -0.444 e. The van der Waals surface area contributed by atoms with E-state index in [0.717, 1.165) is 18.0 Å². The number of amides is 1. The molecular formula is C17H31N5O2S. The molecule has 25 heavy (non-hydrogen) atoms. The van der Waals surface area contributed by atoms with Crippen molar-refractivity contribution in [2.75, 3.05) is 20.1 Å². The van der Waals surface area contributed by atoms with Gasteiger partial charge in [0.2, 0.25) is 0 Å². The molecule has 8 heteroatoms. The number of aliphatic imine (C=N–C) groups is 1. The minimum absolute atomic E-state index is 0.429. The Balaban J connectivity index is 2.38. The van der Waals surface area contributed by atoms with Gasteiger partial charge in [0.1, 0.15) is 5.60 Å². The summed E-state index contributed by atoms with van der Waals surface area (Å²) in [5.41, 5.74) is -0.994. The van der Waals surface area contributed by atoms with Gasteiger partial charge in [-0.05, 0) is 41.5 Å². The lowest BCUT2D eigenvalue weighted by atomic mass is 10.1. The van der Waals surface area contributed by atoms with Gasteiger partial charge in [0.05, 0.1) is 10.5 Å². The average Bonchev–Trinajstić information content (AvgIpc) is 2.85. The van der Waals surface area contributed by atoms with E-state index in [9.17, 15) is 4.79 Å². The van der Waals surface area contributed by atoms with Crippen molar-refractivity contribution in [3.63, 3.8) is 0 Å². The van der Waals surface area contributed by atoms with Crippen LogP contribution < -0.4 is 16.0 Å². The van der Waals surface area contributed by atoms with Crippen molar-refractivity contribution in [1.29, 1.82) is 0 Å². The molecule has 0 aromatic carbocycles. The summed E-state index contributed by atoms with van der Waals surface area (Å²) in [5, 5.41) is 10.4. The molecule has 7 nitrogen and oxygen atoms in total. The number of hydrogen-bond acceptors (Lipinski definition) is 5. The first kappa shape index (κ1) is 21.2. The van der Waals surface area contributed by atoms with Crippen LogP contribution in [0.25, 0.3) is 0 Å². The zero-order chi connectivity index (χ0) is 19.1. The summed E-state index contributed by atoms with van der Waals surface area (Å²) in [6.45, 7) is 12.7. The highest BCUT2D eigenvalue weighted by Gasteiger charge is 2.24. The smallest absolute Gasteiger partial charge is 0.408 e. The predicted molar refractivity (Wildman–Crippen MR) is 103 cm³/mol. The van der Waals surface area contributed by atoms with Gasteiger partial charge in [-0.25, -0.2) is 9.78 Å². The van der Waals surface area contributed by atoms with Crippen molar-refractivity contribution in [3.05, 3.63) is 16.1 Å². The molecule has 0 aliphatic rings. The summed E-state index contributed by atoms with van der Waals surface area (Å²) < 4.78 is 5.29. The molecule has 0 saturated heterocycles. The predicted octanol–water partition coefficient (Wildman–Crippen LogP) is 2.46. The molecule has 0 atom stereocenters. The Kier molecular flexibility index (Phi) is 7.66. The lowest BCUT2D eigenvalue weighted by Gasteiger charge is -2.29. The number of rotatable bonds is 6. The third-order valence-corrected chi connectivity index (χ3v) is 4.03. The fraction of sp³-hybridized carbons (Fsp3) is 0.706. The lowest BCUT2D eigenvalue weighted by Crippen LogP contribution is -2.54. The summed E-state index contributed by atoms with van der Waals surface area (Å²) >= 11 is 1.70. The normalized spacial score (nSPS) is 12.7. The number of ether oxygens (including phenoxy) is 1. The second-order valence-corrected chi connectivity index (χ2v) is 8.80. The van der Waals surface area contributed by atoms with Gasteiger partial charge < -0.3 is 20.7 Å². The molecule has 0 saturated carbocycles. The van der Waals surface area contributed by atoms with Gasteiger partial charge in [0, 0.05) is 37.6 Å². The molecular weight excluding hydrogens is 338 g/mol. The number of alkyl carbamates (subject to hydrolysis) is 1. The second-order valence-electron chi connectivity index (χ2n) is 7.48. The Labute approximate surface area is 154 Å². The molecule has 3 N–H and O–H groups in total. The Morgan fingerprint density at radius 3 is 2.48 bits per heavy atom. The standard InChI is InChI=1S/C17H31N5O2S/c1-12-10-20-13(25-12)8-9-19-14(18-7)21-11-17(5,6)22-15(23)24-16(2,3)4/h10H,8-9,11H2,1-7H3,(H,22,23)(H2,18,19,21). The second kappa shape index (κ2) is 9.03. The molecule has 0 aliphatic heterocycles. The fourth-order valence-electron chi connectivity index (χ4n) is 1.95. The highest BCUT2D eigenvalue weighted by atomic mass is 32.1. The minimum atomic E-state index is -0.515. The number of nitrogens with one attached hydrogen (secondary N) is 3. The zero-order valence-electron chi connectivity index (χ0n) is 16.3. The number of nitrogens with zero attached hydrogens (tertiary/aromatic N) is 2. The topological polar surface area (TPSA) is 87.6 Å². The average molecular weight is 370 g/mol. The van der Waals surface area contributed by atoms with E-state index in [0.29, 0.717) is 12.5 Å². The molecule has 0 unspecified atom stereocenters. The highest BCUT2D eigenvalue weighted by Crippen LogP contribution is 2.11. The van der Waals surface area contributed by atoms with Crippen LogP contribution >= 0.6 is 11.3 Å². The summed E-state index contributed by atoms with van der Waals surface area (Å²) in [5.74, 6) is 0.687. The van der Waals surface area contributed by atoms with E-state index in [1.165, 1.54) is 4.88 Å². The van der Waals surface area contributed by atoms with Gasteiger partial charge in [-0.2, -0.15) is 0 Å². The summed E-state index contributed by atoms with van der Waals surface area (Å²) in [7, 11) is 1.72. The highest BCUT2D eigenvalue weighted by molar-refractivity contribution is 7.11. The van der Waals surface area contributed by atoms with Crippen LogP contribution in [0.1, 0.15) is 44.5 Å². The molecule has 0 radical (unpaired) electrons. The number of aromatic nitrogens is 1. The van der Waals surface area contributed by atoms with Gasteiger partial charge in [-0.1, -0.05) is 0 Å². The van der Waals surface area contributed by atoms with Crippen LogP contribution in [0, 0.1) is 6.92 Å². The summed E-state index contributed by atoms with van der Waals surface area (Å²) in [6, 6.07) is 0. The van der Waals surface area contributed by atoms with E-state index in [2.05, 4.69) is 32.9 Å². The van der Waals surface area contributed by atoms with Crippen LogP contribution in [0.3, 0.4) is 0 Å². The monoisotopic (exact) mass is 369 g/mol. The first-order valence-electron chi connectivity index (χ1n) is 8.38. The summed E-state index contributed by atoms with van der Waals surface area (Å²) in [4.78, 5) is 21.7. The molecule has 1 aromatic rings. The number of carbonyl (C=O) groups excluding carboxylic acids is 1. The summed E-state index contributed by atoms with van der Waals surface area (Å²) in [6.07, 6.45) is 2.30. The Bertz CT molecular complexity index is 590. The van der Waals surface area contributed by atoms with Gasteiger partial charge in [-0.15, -0.1) is 11.3 Å². The van der Waals surface area contributed by atoms with Crippen LogP contribution in [0.4, 0.5) is 4.79 Å². The number of carbonyl (C=O) groups is 1. The largest absolute Gasteiger partial charge is 0.444 e. The van der Waals surface area contributed by atoms with Gasteiger partial charge in [-0.3, -0.25) is 4.99 Å². The van der Waals surface area contributed by atoms with Crippen LogP contribution in [-0.4, -0.2) is 48.3 Å². The molecule has 1 amide bonds. The molecule has 0 bridgehead atoms. The fourth-order valence-corrected chi connectivity index (χ4v) is 2.74. The van der Waals surface area contributed by atoms with E-state index < -0.39 is 17.2 Å². The Hall–Kier alpha value is -1.83. The SMILES string of the molecule is CN=C(NCCc1ncc(C)s1)NCC(C)(C)NC(=O)OC(C)(C)C. The van der Waals surface area contributed by atoms with E-state index in [-0.39, 0.29) is 0 Å². The van der Waals surface area contributed by atoms with Crippen LogP contribution in [0.15, 0.2) is 11.2 Å². The van der Waals surface area contributed by atoms with Crippen molar-refractivity contribution in [1.82, 2.24) is 20.9 Å². The molecule has 0 spiro atoms. The first-order chi connectivity index (χ1) is 11.5. The molecule has 0 aliphatic carbocycles. The molecule has 1 rings (SSSR count). The number of hydrogen-bond donors (Lipinski definition) is 3. The molecule has 1 heterocycles. The molecule has 0 fully saturated rings. The lowest BCUT2D eigenvalue weighted by molar-refractivity contribution is 0.0474. The third-order valence-electron chi connectivity index (χ3n) is 3.06. The third kappa shape index (κ3) is 9.28. The maximum atomic E-state index is 11.9. The van der Waals surface area contributed by atoms with Crippen molar-refractivity contribution >= 4 is 23.4 Å². The number of aryl methyl sites for hydroxylation is 1. The van der Waals surface area contributed by atoms with E-state index >= 15 is 0 Å². The van der Waals surface area contributed by atoms with Crippen molar-refractivity contribution in [3.8, 4) is 0 Å². The van der Waals surface area contributed by atoms with E-state index in [1.54, 1.807) is 18.4 Å². The van der Waals surface area contributed by atoms with E-state index in [1.807, 2.05) is 40.8 Å². The Morgan fingerprint density at radius 2 is 1.96 bits per heavy atom. The van der Waals surface area contributed by atoms with Crippen molar-refractivity contribution < 1.29 is 9.53 Å². The van der Waals surface area contributed by atoms with Crippen LogP contribution in [-0.2, 0) is 11.2 Å². The van der Waals surface area contributed by atoms with Gasteiger partial charge in [0.15, 0.2) is 5.96 Å². The van der Waals surface area contributed by atoms with Crippen molar-refractivity contribution in [2.24, 2.45) is 4.99 Å². The maximum absolute atomic E-state index is 11.9. The van der Waals surface area contributed by atoms with Gasteiger partial charge in [0.25, 0.3) is 0 Å². The van der Waals surface area contributed by atoms with Crippen LogP contribution in [0.2, 0.25) is 0 Å². The quantitative estimate of drug-likeness (QED) is 0.530. The molecule has 1 aromatic heterocycles. The first-order valence-corrected chi connectivity index (χ1v) is 9.19.